The second kappa shape index (κ2) is 8.87. The van der Waals surface area contributed by atoms with Crippen LogP contribution in [0.5, 0.6) is 0 Å². The van der Waals surface area contributed by atoms with Gasteiger partial charge < -0.3 is 5.32 Å². The molecule has 1 amide bonds. The summed E-state index contributed by atoms with van der Waals surface area (Å²) in [5, 5.41) is 3.08. The van der Waals surface area contributed by atoms with Gasteiger partial charge in [0, 0.05) is 18.3 Å². The summed E-state index contributed by atoms with van der Waals surface area (Å²) in [4.78, 5) is 38.0. The second-order valence-electron chi connectivity index (χ2n) is 9.54. The number of nitrogens with one attached hydrogen (secondary N) is 1. The maximum absolute atomic E-state index is 13.6. The normalized spacial score (nSPS) is 34.6. The minimum absolute atomic E-state index is 0.0219. The number of ketones is 2. The molecule has 2 aliphatic carbocycles. The fraction of sp³-hybridized carbons (Fsp3) is 0.870. The van der Waals surface area contributed by atoms with Gasteiger partial charge >= 0.3 is 0 Å². The Labute approximate surface area is 165 Å². The van der Waals surface area contributed by atoms with Gasteiger partial charge in [-0.05, 0) is 62.2 Å². The molecule has 0 heterocycles. The SMILES string of the molecule is CCC(=O)N[C@H](C(=O)C1CCC(C(C)C)C(C(C)=O)C1)C1(C)CCC1CC. The molecule has 27 heavy (non-hydrogen) atoms. The Balaban J connectivity index is 2.22. The van der Waals surface area contributed by atoms with Gasteiger partial charge in [-0.2, -0.15) is 0 Å². The third-order valence-electron chi connectivity index (χ3n) is 7.71. The third kappa shape index (κ3) is 4.46. The lowest BCUT2D eigenvalue weighted by Crippen LogP contribution is -2.60. The fourth-order valence-corrected chi connectivity index (χ4v) is 5.63. The van der Waals surface area contributed by atoms with E-state index in [0.717, 1.165) is 32.1 Å². The number of Topliss-reactive ketones (excluding diaryl/α,β-unsaturated/α-hetero) is 2. The molecule has 0 saturated heterocycles. The number of hydrogen-bond acceptors (Lipinski definition) is 3. The summed E-state index contributed by atoms with van der Waals surface area (Å²) in [6.45, 7) is 12.2. The molecule has 6 atom stereocenters. The second-order valence-corrected chi connectivity index (χ2v) is 9.54. The van der Waals surface area contributed by atoms with E-state index in [1.807, 2.05) is 6.92 Å². The van der Waals surface area contributed by atoms with Gasteiger partial charge in [0.1, 0.15) is 5.78 Å². The van der Waals surface area contributed by atoms with Crippen LogP contribution in [-0.4, -0.2) is 23.5 Å². The quantitative estimate of drug-likeness (QED) is 0.675. The van der Waals surface area contributed by atoms with Crippen LogP contribution < -0.4 is 5.32 Å². The molecule has 0 aromatic heterocycles. The predicted octanol–water partition coefficient (Wildman–Crippen LogP) is 4.55. The van der Waals surface area contributed by atoms with Crippen molar-refractivity contribution in [2.75, 3.05) is 0 Å². The molecule has 5 unspecified atom stereocenters. The Bertz CT molecular complexity index is 568. The van der Waals surface area contributed by atoms with Crippen molar-refractivity contribution in [3.05, 3.63) is 0 Å². The van der Waals surface area contributed by atoms with E-state index in [1.165, 1.54) is 0 Å². The molecule has 0 radical (unpaired) electrons. The summed E-state index contributed by atoms with van der Waals surface area (Å²) >= 11 is 0. The molecular formula is C23H39NO3. The molecule has 2 aliphatic rings. The number of carbonyl (C=O) groups is 3. The van der Waals surface area contributed by atoms with E-state index in [0.29, 0.717) is 30.6 Å². The van der Waals surface area contributed by atoms with Crippen LogP contribution in [0.1, 0.15) is 86.5 Å². The maximum Gasteiger partial charge on any atom is 0.220 e. The molecular weight excluding hydrogens is 338 g/mol. The van der Waals surface area contributed by atoms with Crippen LogP contribution in [-0.2, 0) is 14.4 Å². The van der Waals surface area contributed by atoms with Gasteiger partial charge in [0.25, 0.3) is 0 Å². The van der Waals surface area contributed by atoms with E-state index in [2.05, 4.69) is 33.0 Å². The Morgan fingerprint density at radius 3 is 2.22 bits per heavy atom. The maximum atomic E-state index is 13.6. The summed E-state index contributed by atoms with van der Waals surface area (Å²) in [5.41, 5.74) is -0.142. The van der Waals surface area contributed by atoms with Gasteiger partial charge in [-0.1, -0.05) is 41.0 Å². The van der Waals surface area contributed by atoms with Crippen LogP contribution >= 0.6 is 0 Å². The van der Waals surface area contributed by atoms with Gasteiger partial charge in [-0.15, -0.1) is 0 Å². The average molecular weight is 378 g/mol. The van der Waals surface area contributed by atoms with Crippen molar-refractivity contribution >= 4 is 17.5 Å². The molecule has 0 aromatic carbocycles. The van der Waals surface area contributed by atoms with Crippen molar-refractivity contribution in [2.24, 2.45) is 35.0 Å². The highest BCUT2D eigenvalue weighted by Gasteiger charge is 2.52. The summed E-state index contributed by atoms with van der Waals surface area (Å²) in [5.74, 6) is 1.52. The Morgan fingerprint density at radius 1 is 1.11 bits per heavy atom. The van der Waals surface area contributed by atoms with Crippen LogP contribution in [0, 0.1) is 35.0 Å². The van der Waals surface area contributed by atoms with E-state index < -0.39 is 6.04 Å². The molecule has 1 N–H and O–H groups in total. The van der Waals surface area contributed by atoms with Crippen LogP contribution in [0.3, 0.4) is 0 Å². The highest BCUT2D eigenvalue weighted by atomic mass is 16.2. The van der Waals surface area contributed by atoms with Crippen molar-refractivity contribution in [1.82, 2.24) is 5.32 Å². The zero-order valence-corrected chi connectivity index (χ0v) is 18.1. The van der Waals surface area contributed by atoms with E-state index in [1.54, 1.807) is 6.92 Å². The first kappa shape index (κ1) is 22.1. The predicted molar refractivity (Wildman–Crippen MR) is 108 cm³/mol. The zero-order chi connectivity index (χ0) is 20.4. The van der Waals surface area contributed by atoms with Crippen LogP contribution in [0.15, 0.2) is 0 Å². The van der Waals surface area contributed by atoms with Crippen molar-refractivity contribution in [3.63, 3.8) is 0 Å². The zero-order valence-electron chi connectivity index (χ0n) is 18.1. The molecule has 4 nitrogen and oxygen atoms in total. The number of hydrogen-bond donors (Lipinski definition) is 1. The van der Waals surface area contributed by atoms with Crippen LogP contribution in [0.2, 0.25) is 0 Å². The lowest BCUT2D eigenvalue weighted by atomic mass is 9.54. The lowest BCUT2D eigenvalue weighted by molar-refractivity contribution is -0.141. The molecule has 0 aliphatic heterocycles. The molecule has 4 heteroatoms. The molecule has 2 fully saturated rings. The first-order valence-corrected chi connectivity index (χ1v) is 11.0. The summed E-state index contributed by atoms with van der Waals surface area (Å²) in [6, 6.07) is -0.406. The lowest BCUT2D eigenvalue weighted by Gasteiger charge is -2.52. The molecule has 2 saturated carbocycles. The smallest absolute Gasteiger partial charge is 0.220 e. The average Bonchev–Trinajstić information content (AvgIpc) is 2.63. The molecule has 154 valence electrons. The van der Waals surface area contributed by atoms with Gasteiger partial charge in [-0.3, -0.25) is 14.4 Å². The first-order chi connectivity index (χ1) is 12.7. The summed E-state index contributed by atoms with van der Waals surface area (Å²) in [6.07, 6.45) is 5.99. The first-order valence-electron chi connectivity index (χ1n) is 11.0. The number of carbonyl (C=O) groups excluding carboxylic acids is 3. The van der Waals surface area contributed by atoms with E-state index in [4.69, 9.17) is 0 Å². The minimum Gasteiger partial charge on any atom is -0.346 e. The van der Waals surface area contributed by atoms with Gasteiger partial charge in [0.15, 0.2) is 5.78 Å². The third-order valence-corrected chi connectivity index (χ3v) is 7.71. The summed E-state index contributed by atoms with van der Waals surface area (Å²) in [7, 11) is 0. The van der Waals surface area contributed by atoms with Crippen molar-refractivity contribution in [1.29, 1.82) is 0 Å². The topological polar surface area (TPSA) is 63.2 Å². The molecule has 2 rings (SSSR count). The number of amides is 1. The molecule has 0 spiro atoms. The van der Waals surface area contributed by atoms with Gasteiger partial charge in [0.2, 0.25) is 5.91 Å². The van der Waals surface area contributed by atoms with Crippen molar-refractivity contribution in [2.45, 2.75) is 92.5 Å². The van der Waals surface area contributed by atoms with Crippen molar-refractivity contribution < 1.29 is 14.4 Å². The Morgan fingerprint density at radius 2 is 1.78 bits per heavy atom. The van der Waals surface area contributed by atoms with Crippen LogP contribution in [0.4, 0.5) is 0 Å². The van der Waals surface area contributed by atoms with E-state index in [9.17, 15) is 14.4 Å². The highest BCUT2D eigenvalue weighted by Crippen LogP contribution is 2.52. The van der Waals surface area contributed by atoms with E-state index in [-0.39, 0.29) is 34.7 Å². The van der Waals surface area contributed by atoms with Crippen molar-refractivity contribution in [3.8, 4) is 0 Å². The van der Waals surface area contributed by atoms with Gasteiger partial charge in [-0.25, -0.2) is 0 Å². The summed E-state index contributed by atoms with van der Waals surface area (Å²) < 4.78 is 0. The Kier molecular flexibility index (Phi) is 7.27. The standard InChI is InChI=1S/C23H39NO3/c1-7-17-11-12-23(17,6)22(24-20(26)8-2)21(27)16-9-10-18(14(3)4)19(13-16)15(5)25/h14,16-19,22H,7-13H2,1-6H3,(H,24,26)/t16?,17?,18?,19?,22-,23?/m1/s1. The molecule has 0 bridgehead atoms. The molecule has 0 aromatic rings. The van der Waals surface area contributed by atoms with E-state index >= 15 is 0 Å². The highest BCUT2D eigenvalue weighted by molar-refractivity contribution is 5.92. The Hall–Kier alpha value is -1.19. The monoisotopic (exact) mass is 377 g/mol. The number of rotatable bonds is 8. The largest absolute Gasteiger partial charge is 0.346 e. The fourth-order valence-electron chi connectivity index (χ4n) is 5.63. The minimum atomic E-state index is -0.406. The van der Waals surface area contributed by atoms with Crippen LogP contribution in [0.25, 0.3) is 0 Å². The van der Waals surface area contributed by atoms with Gasteiger partial charge in [0.05, 0.1) is 6.04 Å².